The van der Waals surface area contributed by atoms with Crippen molar-refractivity contribution in [2.45, 2.75) is 19.0 Å². The fraction of sp³-hybridized carbons (Fsp3) is 0.800. The Labute approximate surface area is 74.0 Å². The summed E-state index contributed by atoms with van der Waals surface area (Å²) in [7, 11) is 0. The molecule has 1 aliphatic heterocycles. The Kier molecular flexibility index (Phi) is 2.80. The lowest BCUT2D eigenvalue weighted by Crippen LogP contribution is -2.29. The van der Waals surface area contributed by atoms with Gasteiger partial charge in [0.1, 0.15) is 6.34 Å². The highest BCUT2D eigenvalue weighted by molar-refractivity contribution is 9.07. The standard InChI is InChI=1S/C5H9BrClN3/c1-2-3-10-5(7)9(6)4-8-10/h4-5H,2-3H2,1H3. The molecule has 10 heavy (non-hydrogen) atoms. The summed E-state index contributed by atoms with van der Waals surface area (Å²) in [6, 6.07) is 0. The maximum atomic E-state index is 5.89. The quantitative estimate of drug-likeness (QED) is 0.406. The van der Waals surface area contributed by atoms with Gasteiger partial charge in [-0.3, -0.25) is 8.93 Å². The van der Waals surface area contributed by atoms with E-state index in [0.29, 0.717) is 0 Å². The SMILES string of the molecule is CCCN1N=CN(Br)C1Cl. The van der Waals surface area contributed by atoms with E-state index >= 15 is 0 Å². The topological polar surface area (TPSA) is 18.8 Å². The van der Waals surface area contributed by atoms with Crippen molar-refractivity contribution in [3.8, 4) is 0 Å². The lowest BCUT2D eigenvalue weighted by molar-refractivity contribution is 0.250. The highest BCUT2D eigenvalue weighted by Crippen LogP contribution is 2.18. The van der Waals surface area contributed by atoms with Gasteiger partial charge in [0.2, 0.25) is 5.62 Å². The van der Waals surface area contributed by atoms with Crippen LogP contribution in [0.1, 0.15) is 13.3 Å². The molecule has 0 saturated heterocycles. The van der Waals surface area contributed by atoms with Crippen molar-refractivity contribution in [3.63, 3.8) is 0 Å². The molecule has 58 valence electrons. The highest BCUT2D eigenvalue weighted by Gasteiger charge is 2.22. The molecule has 1 heterocycles. The molecule has 0 amide bonds. The molecule has 3 nitrogen and oxygen atoms in total. The summed E-state index contributed by atoms with van der Waals surface area (Å²) in [5.41, 5.74) is -0.167. The van der Waals surface area contributed by atoms with Gasteiger partial charge in [-0.2, -0.15) is 5.10 Å². The number of rotatable bonds is 2. The van der Waals surface area contributed by atoms with E-state index in [2.05, 4.69) is 28.2 Å². The predicted molar refractivity (Wildman–Crippen MR) is 45.9 cm³/mol. The number of hydrogen-bond donors (Lipinski definition) is 0. The van der Waals surface area contributed by atoms with Crippen LogP contribution in [0.3, 0.4) is 0 Å². The Hall–Kier alpha value is 0.0400. The molecular formula is C5H9BrClN3. The van der Waals surface area contributed by atoms with Crippen LogP contribution >= 0.6 is 27.7 Å². The second-order valence-corrected chi connectivity index (χ2v) is 3.26. The van der Waals surface area contributed by atoms with E-state index in [1.54, 1.807) is 10.3 Å². The zero-order chi connectivity index (χ0) is 7.56. The van der Waals surface area contributed by atoms with Crippen molar-refractivity contribution in [2.24, 2.45) is 5.10 Å². The molecule has 0 bridgehead atoms. The molecule has 0 fully saturated rings. The molecule has 1 unspecified atom stereocenters. The van der Waals surface area contributed by atoms with E-state index in [1.807, 2.05) is 5.01 Å². The second kappa shape index (κ2) is 3.44. The Morgan fingerprint density at radius 1 is 1.80 bits per heavy atom. The average molecular weight is 227 g/mol. The van der Waals surface area contributed by atoms with Gasteiger partial charge in [0.25, 0.3) is 0 Å². The maximum Gasteiger partial charge on any atom is 0.205 e. The minimum absolute atomic E-state index is 0.167. The Morgan fingerprint density at radius 2 is 2.50 bits per heavy atom. The van der Waals surface area contributed by atoms with Crippen molar-refractivity contribution in [1.29, 1.82) is 0 Å². The van der Waals surface area contributed by atoms with Crippen LogP contribution in [0.2, 0.25) is 0 Å². The van der Waals surface area contributed by atoms with E-state index in [-0.39, 0.29) is 5.62 Å². The van der Waals surface area contributed by atoms with Gasteiger partial charge in [0, 0.05) is 6.54 Å². The van der Waals surface area contributed by atoms with Crippen LogP contribution in [-0.4, -0.2) is 27.4 Å². The van der Waals surface area contributed by atoms with Crippen LogP contribution in [0.4, 0.5) is 0 Å². The monoisotopic (exact) mass is 225 g/mol. The van der Waals surface area contributed by atoms with Crippen LogP contribution in [0.5, 0.6) is 0 Å². The number of alkyl halides is 1. The van der Waals surface area contributed by atoms with Gasteiger partial charge in [-0.25, -0.2) is 0 Å². The fourth-order valence-electron chi connectivity index (χ4n) is 0.746. The minimum Gasteiger partial charge on any atom is -0.260 e. The van der Waals surface area contributed by atoms with Gasteiger partial charge in [0.05, 0.1) is 16.1 Å². The first-order valence-electron chi connectivity index (χ1n) is 3.14. The van der Waals surface area contributed by atoms with Crippen molar-refractivity contribution in [2.75, 3.05) is 6.54 Å². The van der Waals surface area contributed by atoms with Gasteiger partial charge < -0.3 is 0 Å². The van der Waals surface area contributed by atoms with Gasteiger partial charge in [-0.15, -0.1) is 0 Å². The molecule has 1 atom stereocenters. The normalized spacial score (nSPS) is 24.5. The van der Waals surface area contributed by atoms with Crippen LogP contribution in [0.25, 0.3) is 0 Å². The molecule has 0 aromatic rings. The van der Waals surface area contributed by atoms with Gasteiger partial charge in [-0.05, 0) is 6.42 Å². The summed E-state index contributed by atoms with van der Waals surface area (Å²) in [4.78, 5) is 0. The van der Waals surface area contributed by atoms with E-state index in [9.17, 15) is 0 Å². The van der Waals surface area contributed by atoms with Crippen LogP contribution in [0, 0.1) is 0 Å². The molecule has 0 aromatic heterocycles. The number of halogens is 2. The fourth-order valence-corrected chi connectivity index (χ4v) is 1.24. The van der Waals surface area contributed by atoms with Crippen LogP contribution in [0.15, 0.2) is 5.10 Å². The summed E-state index contributed by atoms with van der Waals surface area (Å²) in [5, 5.41) is 5.86. The summed E-state index contributed by atoms with van der Waals surface area (Å²) < 4.78 is 1.68. The summed E-state index contributed by atoms with van der Waals surface area (Å²) in [6.45, 7) is 2.99. The van der Waals surface area contributed by atoms with Crippen molar-refractivity contribution < 1.29 is 0 Å². The van der Waals surface area contributed by atoms with Crippen molar-refractivity contribution in [1.82, 2.24) is 8.93 Å². The third kappa shape index (κ3) is 1.55. The smallest absolute Gasteiger partial charge is 0.205 e. The number of hydrogen-bond acceptors (Lipinski definition) is 3. The van der Waals surface area contributed by atoms with Crippen molar-refractivity contribution >= 4 is 34.1 Å². The first-order chi connectivity index (χ1) is 4.75. The molecule has 0 radical (unpaired) electrons. The van der Waals surface area contributed by atoms with E-state index < -0.39 is 0 Å². The number of nitrogens with zero attached hydrogens (tertiary/aromatic N) is 3. The molecule has 0 spiro atoms. The molecule has 5 heteroatoms. The maximum absolute atomic E-state index is 5.89. The second-order valence-electron chi connectivity index (χ2n) is 2.05. The highest BCUT2D eigenvalue weighted by atomic mass is 79.9. The average Bonchev–Trinajstić information content (AvgIpc) is 2.20. The Morgan fingerprint density at radius 3 is 2.90 bits per heavy atom. The Balaban J connectivity index is 2.41. The first kappa shape index (κ1) is 8.14. The minimum atomic E-state index is -0.167. The van der Waals surface area contributed by atoms with Crippen LogP contribution < -0.4 is 0 Å². The predicted octanol–water partition coefficient (Wildman–Crippen LogP) is 1.79. The molecule has 1 aliphatic rings. The van der Waals surface area contributed by atoms with Gasteiger partial charge in [-0.1, -0.05) is 18.5 Å². The third-order valence-corrected chi connectivity index (χ3v) is 2.45. The zero-order valence-corrected chi connectivity index (χ0v) is 8.01. The third-order valence-electron chi connectivity index (χ3n) is 1.21. The van der Waals surface area contributed by atoms with E-state index in [1.165, 1.54) is 0 Å². The summed E-state index contributed by atoms with van der Waals surface area (Å²) in [6.07, 6.45) is 2.72. The largest absolute Gasteiger partial charge is 0.260 e. The number of hydrazone groups is 1. The van der Waals surface area contributed by atoms with Crippen molar-refractivity contribution in [3.05, 3.63) is 0 Å². The molecule has 0 aliphatic carbocycles. The lowest BCUT2D eigenvalue weighted by atomic mass is 10.5. The first-order valence-corrected chi connectivity index (χ1v) is 4.29. The molecule has 1 rings (SSSR count). The van der Waals surface area contributed by atoms with Gasteiger partial charge >= 0.3 is 0 Å². The summed E-state index contributed by atoms with van der Waals surface area (Å²) >= 11 is 9.11. The van der Waals surface area contributed by atoms with Crippen LogP contribution in [-0.2, 0) is 0 Å². The van der Waals surface area contributed by atoms with E-state index in [4.69, 9.17) is 11.6 Å². The lowest BCUT2D eigenvalue weighted by Gasteiger charge is -2.19. The van der Waals surface area contributed by atoms with Gasteiger partial charge in [0.15, 0.2) is 0 Å². The Bertz CT molecular complexity index is 141. The molecular weight excluding hydrogens is 217 g/mol. The molecule has 0 N–H and O–H groups in total. The van der Waals surface area contributed by atoms with E-state index in [0.717, 1.165) is 13.0 Å². The molecule has 0 aromatic carbocycles. The zero-order valence-electron chi connectivity index (χ0n) is 5.67. The molecule has 0 saturated carbocycles. The summed E-state index contributed by atoms with van der Waals surface area (Å²) in [5.74, 6) is 0.